The standard InChI is InChI=1S/C16H30BrN3/c1-7-9-18-14(12(5)11(3)4)10-15-16(17)13(6)19-20(15)8-2/h11-12,14,18H,7-10H2,1-6H3. The van der Waals surface area contributed by atoms with Crippen molar-refractivity contribution in [3.8, 4) is 0 Å². The van der Waals surface area contributed by atoms with E-state index >= 15 is 0 Å². The molecule has 3 nitrogen and oxygen atoms in total. The number of aromatic nitrogens is 2. The fourth-order valence-corrected chi connectivity index (χ4v) is 2.96. The van der Waals surface area contributed by atoms with Crippen LogP contribution in [-0.4, -0.2) is 22.4 Å². The van der Waals surface area contributed by atoms with Crippen molar-refractivity contribution in [3.05, 3.63) is 15.9 Å². The molecule has 0 saturated carbocycles. The summed E-state index contributed by atoms with van der Waals surface area (Å²) in [6.45, 7) is 15.4. The minimum absolute atomic E-state index is 0.507. The number of hydrogen-bond donors (Lipinski definition) is 1. The fraction of sp³-hybridized carbons (Fsp3) is 0.812. The highest BCUT2D eigenvalue weighted by Gasteiger charge is 2.23. The van der Waals surface area contributed by atoms with Crippen LogP contribution >= 0.6 is 15.9 Å². The predicted molar refractivity (Wildman–Crippen MR) is 90.1 cm³/mol. The van der Waals surface area contributed by atoms with Gasteiger partial charge in [0, 0.05) is 19.0 Å². The van der Waals surface area contributed by atoms with E-state index in [1.807, 2.05) is 0 Å². The molecule has 1 rings (SSSR count). The second kappa shape index (κ2) is 8.18. The van der Waals surface area contributed by atoms with E-state index < -0.39 is 0 Å². The van der Waals surface area contributed by atoms with Crippen molar-refractivity contribution in [1.29, 1.82) is 0 Å². The van der Waals surface area contributed by atoms with Crippen molar-refractivity contribution in [2.45, 2.75) is 67.0 Å². The zero-order valence-electron chi connectivity index (χ0n) is 13.8. The molecule has 0 aromatic carbocycles. The Kier molecular flexibility index (Phi) is 7.24. The van der Waals surface area contributed by atoms with Gasteiger partial charge in [0.2, 0.25) is 0 Å². The van der Waals surface area contributed by atoms with Crippen LogP contribution in [0.4, 0.5) is 0 Å². The highest BCUT2D eigenvalue weighted by Crippen LogP contribution is 2.25. The smallest absolute Gasteiger partial charge is 0.0738 e. The summed E-state index contributed by atoms with van der Waals surface area (Å²) >= 11 is 3.71. The lowest BCUT2D eigenvalue weighted by molar-refractivity contribution is 0.292. The van der Waals surface area contributed by atoms with Gasteiger partial charge in [-0.2, -0.15) is 5.10 Å². The molecule has 116 valence electrons. The molecule has 20 heavy (non-hydrogen) atoms. The van der Waals surface area contributed by atoms with Gasteiger partial charge in [-0.3, -0.25) is 4.68 Å². The van der Waals surface area contributed by atoms with Gasteiger partial charge in [-0.25, -0.2) is 0 Å². The summed E-state index contributed by atoms with van der Waals surface area (Å²) in [4.78, 5) is 0. The maximum Gasteiger partial charge on any atom is 0.0738 e. The lowest BCUT2D eigenvalue weighted by atomic mass is 9.87. The quantitative estimate of drug-likeness (QED) is 0.767. The highest BCUT2D eigenvalue weighted by atomic mass is 79.9. The van der Waals surface area contributed by atoms with Crippen LogP contribution in [0.1, 0.15) is 52.4 Å². The minimum atomic E-state index is 0.507. The Hall–Kier alpha value is -0.350. The number of nitrogens with zero attached hydrogens (tertiary/aromatic N) is 2. The van der Waals surface area contributed by atoms with Crippen molar-refractivity contribution >= 4 is 15.9 Å². The fourth-order valence-electron chi connectivity index (χ4n) is 2.51. The summed E-state index contributed by atoms with van der Waals surface area (Å²) in [6.07, 6.45) is 2.21. The van der Waals surface area contributed by atoms with E-state index in [4.69, 9.17) is 0 Å². The third-order valence-electron chi connectivity index (χ3n) is 4.21. The van der Waals surface area contributed by atoms with Crippen molar-refractivity contribution in [1.82, 2.24) is 15.1 Å². The zero-order valence-corrected chi connectivity index (χ0v) is 15.4. The molecule has 1 aromatic heterocycles. The molecule has 0 saturated heterocycles. The molecule has 0 fully saturated rings. The van der Waals surface area contributed by atoms with Crippen LogP contribution < -0.4 is 5.32 Å². The summed E-state index contributed by atoms with van der Waals surface area (Å²) in [7, 11) is 0. The normalized spacial score (nSPS) is 14.8. The van der Waals surface area contributed by atoms with Gasteiger partial charge in [-0.15, -0.1) is 0 Å². The summed E-state index contributed by atoms with van der Waals surface area (Å²) in [5, 5.41) is 8.33. The Bertz CT molecular complexity index is 412. The van der Waals surface area contributed by atoms with Crippen LogP contribution in [0.3, 0.4) is 0 Å². The molecular weight excluding hydrogens is 314 g/mol. The van der Waals surface area contributed by atoms with E-state index in [2.05, 4.69) is 72.6 Å². The first kappa shape index (κ1) is 17.7. The van der Waals surface area contributed by atoms with Gasteiger partial charge in [0.25, 0.3) is 0 Å². The van der Waals surface area contributed by atoms with Gasteiger partial charge in [0.1, 0.15) is 0 Å². The molecule has 1 aromatic rings. The number of rotatable bonds is 8. The minimum Gasteiger partial charge on any atom is -0.313 e. The summed E-state index contributed by atoms with van der Waals surface area (Å²) in [6, 6.07) is 0.507. The predicted octanol–water partition coefficient (Wildman–Crippen LogP) is 4.18. The SMILES string of the molecule is CCCNC(Cc1c(Br)c(C)nn1CC)C(C)C(C)C. The molecular formula is C16H30BrN3. The van der Waals surface area contributed by atoms with Crippen LogP contribution in [-0.2, 0) is 13.0 Å². The van der Waals surface area contributed by atoms with Gasteiger partial charge >= 0.3 is 0 Å². The average molecular weight is 344 g/mol. The maximum atomic E-state index is 4.61. The molecule has 1 N–H and O–H groups in total. The van der Waals surface area contributed by atoms with E-state index in [0.717, 1.165) is 25.2 Å². The van der Waals surface area contributed by atoms with E-state index in [0.29, 0.717) is 17.9 Å². The molecule has 4 heteroatoms. The summed E-state index contributed by atoms with van der Waals surface area (Å²) in [5.74, 6) is 1.33. The Morgan fingerprint density at radius 1 is 1.25 bits per heavy atom. The van der Waals surface area contributed by atoms with Gasteiger partial charge < -0.3 is 5.32 Å². The number of halogens is 1. The van der Waals surface area contributed by atoms with E-state index in [1.54, 1.807) is 0 Å². The lowest BCUT2D eigenvalue weighted by Crippen LogP contribution is -2.40. The average Bonchev–Trinajstić information content (AvgIpc) is 2.69. The molecule has 0 aliphatic heterocycles. The maximum absolute atomic E-state index is 4.61. The van der Waals surface area contributed by atoms with Crippen LogP contribution in [0.15, 0.2) is 4.47 Å². The highest BCUT2D eigenvalue weighted by molar-refractivity contribution is 9.10. The molecule has 2 atom stereocenters. The second-order valence-corrected chi connectivity index (χ2v) is 6.82. The molecule has 0 amide bonds. The molecule has 0 radical (unpaired) electrons. The first-order valence-corrected chi connectivity index (χ1v) is 8.66. The lowest BCUT2D eigenvalue weighted by Gasteiger charge is -2.28. The first-order chi connectivity index (χ1) is 9.42. The van der Waals surface area contributed by atoms with Crippen molar-refractivity contribution in [2.75, 3.05) is 6.54 Å². The third-order valence-corrected chi connectivity index (χ3v) is 5.24. The summed E-state index contributed by atoms with van der Waals surface area (Å²) < 4.78 is 3.31. The van der Waals surface area contributed by atoms with Gasteiger partial charge in [0.15, 0.2) is 0 Å². The Morgan fingerprint density at radius 3 is 2.40 bits per heavy atom. The second-order valence-electron chi connectivity index (χ2n) is 6.03. The van der Waals surface area contributed by atoms with E-state index in [-0.39, 0.29) is 0 Å². The van der Waals surface area contributed by atoms with Crippen LogP contribution in [0.25, 0.3) is 0 Å². The topological polar surface area (TPSA) is 29.9 Å². The molecule has 2 unspecified atom stereocenters. The van der Waals surface area contributed by atoms with Gasteiger partial charge in [-0.1, -0.05) is 27.7 Å². The zero-order chi connectivity index (χ0) is 15.3. The van der Waals surface area contributed by atoms with Crippen molar-refractivity contribution in [2.24, 2.45) is 11.8 Å². The van der Waals surface area contributed by atoms with Gasteiger partial charge in [0.05, 0.1) is 15.9 Å². The number of hydrogen-bond acceptors (Lipinski definition) is 2. The largest absolute Gasteiger partial charge is 0.313 e. The summed E-state index contributed by atoms with van der Waals surface area (Å²) in [5.41, 5.74) is 2.42. The van der Waals surface area contributed by atoms with Crippen LogP contribution in [0.2, 0.25) is 0 Å². The molecule has 1 heterocycles. The van der Waals surface area contributed by atoms with Crippen LogP contribution in [0.5, 0.6) is 0 Å². The Morgan fingerprint density at radius 2 is 1.90 bits per heavy atom. The number of nitrogens with one attached hydrogen (secondary N) is 1. The molecule has 0 aliphatic carbocycles. The van der Waals surface area contributed by atoms with Crippen LogP contribution in [0, 0.1) is 18.8 Å². The Labute approximate surface area is 132 Å². The first-order valence-electron chi connectivity index (χ1n) is 7.87. The van der Waals surface area contributed by atoms with E-state index in [1.165, 1.54) is 16.6 Å². The molecule has 0 aliphatic rings. The van der Waals surface area contributed by atoms with Crippen molar-refractivity contribution < 1.29 is 0 Å². The molecule has 0 bridgehead atoms. The molecule has 0 spiro atoms. The monoisotopic (exact) mass is 343 g/mol. The number of aryl methyl sites for hydroxylation is 2. The van der Waals surface area contributed by atoms with Crippen molar-refractivity contribution in [3.63, 3.8) is 0 Å². The van der Waals surface area contributed by atoms with E-state index in [9.17, 15) is 0 Å². The third kappa shape index (κ3) is 4.32. The Balaban J connectivity index is 2.94. The van der Waals surface area contributed by atoms with Gasteiger partial charge in [-0.05, 0) is 54.6 Å².